The Morgan fingerprint density at radius 3 is 2.69 bits per heavy atom. The number of ether oxygens (including phenoxy) is 1. The lowest BCUT2D eigenvalue weighted by Gasteiger charge is -2.16. The molecule has 0 fully saturated rings. The second kappa shape index (κ2) is 9.97. The summed E-state index contributed by atoms with van der Waals surface area (Å²) in [5, 5.41) is 6.60. The highest BCUT2D eigenvalue weighted by Crippen LogP contribution is 2.27. The molecule has 1 aromatic carbocycles. The van der Waals surface area contributed by atoms with E-state index >= 15 is 0 Å². The van der Waals surface area contributed by atoms with Crippen LogP contribution in [0.15, 0.2) is 18.2 Å². The maximum Gasteiger partial charge on any atom is 0.222 e. The van der Waals surface area contributed by atoms with Gasteiger partial charge in [0.05, 0.1) is 7.11 Å². The molecule has 0 saturated heterocycles. The van der Waals surface area contributed by atoms with Gasteiger partial charge in [-0.3, -0.25) is 0 Å². The molecule has 1 heterocycles. The maximum absolute atomic E-state index is 5.87. The molecule has 142 valence electrons. The second-order valence-corrected chi connectivity index (χ2v) is 6.48. The molecule has 0 unspecified atom stereocenters. The number of hydrogen-bond acceptors (Lipinski definition) is 6. The number of methoxy groups -OCH3 is 1. The fourth-order valence-electron chi connectivity index (χ4n) is 3.00. The van der Waals surface area contributed by atoms with E-state index in [1.807, 2.05) is 14.0 Å². The lowest BCUT2D eigenvalue weighted by atomic mass is 10.0. The van der Waals surface area contributed by atoms with E-state index in [9.17, 15) is 0 Å². The first-order valence-electron chi connectivity index (χ1n) is 9.26. The number of aryl methyl sites for hydroxylation is 1. The van der Waals surface area contributed by atoms with Gasteiger partial charge in [0, 0.05) is 30.8 Å². The summed E-state index contributed by atoms with van der Waals surface area (Å²) >= 11 is 0. The maximum atomic E-state index is 5.87. The van der Waals surface area contributed by atoms with Crippen molar-refractivity contribution in [3.05, 3.63) is 40.6 Å². The van der Waals surface area contributed by atoms with Crippen molar-refractivity contribution in [1.82, 2.24) is 15.3 Å². The molecule has 0 radical (unpaired) electrons. The second-order valence-electron chi connectivity index (χ2n) is 6.48. The predicted molar refractivity (Wildman–Crippen MR) is 108 cm³/mol. The van der Waals surface area contributed by atoms with Gasteiger partial charge in [0.2, 0.25) is 5.95 Å². The van der Waals surface area contributed by atoms with Gasteiger partial charge < -0.3 is 21.1 Å². The van der Waals surface area contributed by atoms with Crippen LogP contribution < -0.4 is 21.1 Å². The van der Waals surface area contributed by atoms with Crippen LogP contribution in [-0.2, 0) is 13.0 Å². The van der Waals surface area contributed by atoms with Gasteiger partial charge in [0.25, 0.3) is 0 Å². The van der Waals surface area contributed by atoms with Crippen LogP contribution in [0.3, 0.4) is 0 Å². The molecular weight excluding hydrogens is 326 g/mol. The quantitative estimate of drug-likeness (QED) is 0.566. The average Bonchev–Trinajstić information content (AvgIpc) is 2.62. The molecule has 0 aliphatic rings. The number of nitrogens with zero attached hydrogens (tertiary/aromatic N) is 2. The molecule has 0 amide bonds. The Hall–Kier alpha value is -2.34. The van der Waals surface area contributed by atoms with Gasteiger partial charge in [-0.05, 0) is 37.6 Å². The average molecular weight is 358 g/mol. The minimum absolute atomic E-state index is 0.306. The molecule has 1 aromatic heterocycles. The van der Waals surface area contributed by atoms with Crippen LogP contribution in [0.4, 0.5) is 11.8 Å². The number of rotatable bonds is 10. The summed E-state index contributed by atoms with van der Waals surface area (Å²) < 4.78 is 5.61. The van der Waals surface area contributed by atoms with E-state index in [-0.39, 0.29) is 0 Å². The summed E-state index contributed by atoms with van der Waals surface area (Å²) in [5.41, 5.74) is 10.1. The number of anilines is 2. The number of unbranched alkanes of at least 4 members (excludes halogenated alkanes) is 2. The van der Waals surface area contributed by atoms with E-state index in [4.69, 9.17) is 10.5 Å². The summed E-state index contributed by atoms with van der Waals surface area (Å²) in [6, 6.07) is 6.31. The molecule has 0 atom stereocenters. The number of hydrogen-bond donors (Lipinski definition) is 3. The highest BCUT2D eigenvalue weighted by molar-refractivity contribution is 5.53. The first-order valence-corrected chi connectivity index (χ1v) is 9.26. The monoisotopic (exact) mass is 357 g/mol. The molecule has 2 aromatic rings. The van der Waals surface area contributed by atoms with Crippen molar-refractivity contribution >= 4 is 11.8 Å². The number of nitrogen functional groups attached to an aromatic ring is 1. The molecule has 4 N–H and O–H groups in total. The minimum Gasteiger partial charge on any atom is -0.496 e. The van der Waals surface area contributed by atoms with Gasteiger partial charge in [0.15, 0.2) is 0 Å². The number of aromatic nitrogens is 2. The number of nitrogens with one attached hydrogen (secondary N) is 2. The molecule has 0 saturated carbocycles. The van der Waals surface area contributed by atoms with Gasteiger partial charge in [0.1, 0.15) is 11.6 Å². The zero-order valence-corrected chi connectivity index (χ0v) is 16.4. The lowest BCUT2D eigenvalue weighted by Crippen LogP contribution is -2.12. The van der Waals surface area contributed by atoms with E-state index in [2.05, 4.69) is 45.7 Å². The SMILES string of the molecule is CCCCCNc1nc(N)nc(C)c1Cc1ccc(CNC)cc1OC. The smallest absolute Gasteiger partial charge is 0.222 e. The zero-order valence-electron chi connectivity index (χ0n) is 16.4. The van der Waals surface area contributed by atoms with Gasteiger partial charge in [-0.15, -0.1) is 0 Å². The predicted octanol–water partition coefficient (Wildman–Crippen LogP) is 3.29. The first-order chi connectivity index (χ1) is 12.6. The van der Waals surface area contributed by atoms with E-state index in [1.54, 1.807) is 7.11 Å². The largest absolute Gasteiger partial charge is 0.496 e. The van der Waals surface area contributed by atoms with Crippen LogP contribution in [0, 0.1) is 6.92 Å². The van der Waals surface area contributed by atoms with Crippen molar-refractivity contribution in [3.8, 4) is 5.75 Å². The van der Waals surface area contributed by atoms with Crippen LogP contribution >= 0.6 is 0 Å². The van der Waals surface area contributed by atoms with Crippen molar-refractivity contribution in [2.24, 2.45) is 0 Å². The Kier molecular flexibility index (Phi) is 7.66. The van der Waals surface area contributed by atoms with Crippen LogP contribution in [0.5, 0.6) is 5.75 Å². The molecule has 0 aliphatic heterocycles. The molecule has 0 aliphatic carbocycles. The number of benzene rings is 1. The van der Waals surface area contributed by atoms with Crippen LogP contribution in [0.1, 0.15) is 48.6 Å². The van der Waals surface area contributed by atoms with Gasteiger partial charge in [-0.1, -0.05) is 31.9 Å². The summed E-state index contributed by atoms with van der Waals surface area (Å²) in [6.45, 7) is 5.87. The third-order valence-corrected chi connectivity index (χ3v) is 4.40. The molecule has 2 rings (SSSR count). The van der Waals surface area contributed by atoms with E-state index < -0.39 is 0 Å². The number of nitrogens with two attached hydrogens (primary N) is 1. The summed E-state index contributed by atoms with van der Waals surface area (Å²) in [4.78, 5) is 8.79. The Bertz CT molecular complexity index is 718. The standard InChI is InChI=1S/C20H31N5O/c1-5-6-7-10-23-19-17(14(2)24-20(21)25-19)12-16-9-8-15(13-22-3)11-18(16)26-4/h8-9,11,22H,5-7,10,12-13H2,1-4H3,(H3,21,23,24,25). The molecule has 0 bridgehead atoms. The summed E-state index contributed by atoms with van der Waals surface area (Å²) in [7, 11) is 3.64. The topological polar surface area (TPSA) is 85.1 Å². The minimum atomic E-state index is 0.306. The van der Waals surface area contributed by atoms with Crippen LogP contribution in [0.2, 0.25) is 0 Å². The highest BCUT2D eigenvalue weighted by atomic mass is 16.5. The van der Waals surface area contributed by atoms with E-state index in [0.29, 0.717) is 12.4 Å². The normalized spacial score (nSPS) is 10.8. The molecule has 6 heteroatoms. The van der Waals surface area contributed by atoms with E-state index in [0.717, 1.165) is 47.9 Å². The highest BCUT2D eigenvalue weighted by Gasteiger charge is 2.14. The third-order valence-electron chi connectivity index (χ3n) is 4.40. The van der Waals surface area contributed by atoms with Crippen molar-refractivity contribution < 1.29 is 4.74 Å². The Morgan fingerprint density at radius 1 is 1.19 bits per heavy atom. The summed E-state index contributed by atoms with van der Waals surface area (Å²) in [5.74, 6) is 2.01. The van der Waals surface area contributed by atoms with Crippen molar-refractivity contribution in [2.75, 3.05) is 31.8 Å². The van der Waals surface area contributed by atoms with Gasteiger partial charge in [-0.2, -0.15) is 4.98 Å². The van der Waals surface area contributed by atoms with Gasteiger partial charge >= 0.3 is 0 Å². The fraction of sp³-hybridized carbons (Fsp3) is 0.500. The Labute approximate surface area is 156 Å². The van der Waals surface area contributed by atoms with Crippen LogP contribution in [-0.4, -0.2) is 30.7 Å². The third kappa shape index (κ3) is 5.33. The molecule has 26 heavy (non-hydrogen) atoms. The van der Waals surface area contributed by atoms with E-state index in [1.165, 1.54) is 18.4 Å². The lowest BCUT2D eigenvalue weighted by molar-refractivity contribution is 0.410. The molecule has 0 spiro atoms. The fourth-order valence-corrected chi connectivity index (χ4v) is 3.00. The summed E-state index contributed by atoms with van der Waals surface area (Å²) in [6.07, 6.45) is 4.20. The van der Waals surface area contributed by atoms with Crippen molar-refractivity contribution in [1.29, 1.82) is 0 Å². The first kappa shape index (κ1) is 20.0. The van der Waals surface area contributed by atoms with Crippen molar-refractivity contribution in [3.63, 3.8) is 0 Å². The Balaban J connectivity index is 2.27. The zero-order chi connectivity index (χ0) is 18.9. The Morgan fingerprint density at radius 2 is 2.00 bits per heavy atom. The van der Waals surface area contributed by atoms with Gasteiger partial charge in [-0.25, -0.2) is 4.98 Å². The molecular formula is C20H31N5O. The van der Waals surface area contributed by atoms with Crippen LogP contribution in [0.25, 0.3) is 0 Å². The molecule has 6 nitrogen and oxygen atoms in total. The van der Waals surface area contributed by atoms with Crippen molar-refractivity contribution in [2.45, 2.75) is 46.1 Å².